The van der Waals surface area contributed by atoms with E-state index in [0.717, 1.165) is 5.56 Å². The lowest BCUT2D eigenvalue weighted by molar-refractivity contribution is -0.151. The summed E-state index contributed by atoms with van der Waals surface area (Å²) in [6.45, 7) is 3.34. The first-order chi connectivity index (χ1) is 9.53. The highest BCUT2D eigenvalue weighted by Crippen LogP contribution is 2.27. The van der Waals surface area contributed by atoms with Crippen molar-refractivity contribution < 1.29 is 23.8 Å². The van der Waals surface area contributed by atoms with Gasteiger partial charge in [0.2, 0.25) is 0 Å². The molecule has 0 aliphatic carbocycles. The lowest BCUT2D eigenvalue weighted by Crippen LogP contribution is -2.26. The summed E-state index contributed by atoms with van der Waals surface area (Å²) < 4.78 is 15.3. The Morgan fingerprint density at radius 3 is 2.40 bits per heavy atom. The Kier molecular flexibility index (Phi) is 6.03. The molecule has 1 atom stereocenters. The third-order valence-electron chi connectivity index (χ3n) is 2.97. The molecular formula is C15H20O5. The highest BCUT2D eigenvalue weighted by molar-refractivity contribution is 5.98. The molecule has 0 fully saturated rings. The van der Waals surface area contributed by atoms with Crippen molar-refractivity contribution in [2.75, 3.05) is 20.8 Å². The molecule has 0 bridgehead atoms. The number of ketones is 1. The average Bonchev–Trinajstić information content (AvgIpc) is 2.44. The van der Waals surface area contributed by atoms with Gasteiger partial charge < -0.3 is 14.2 Å². The minimum Gasteiger partial charge on any atom is -0.497 e. The predicted molar refractivity (Wildman–Crippen MR) is 74.1 cm³/mol. The van der Waals surface area contributed by atoms with E-state index in [2.05, 4.69) is 0 Å². The van der Waals surface area contributed by atoms with Crippen molar-refractivity contribution in [3.63, 3.8) is 0 Å². The van der Waals surface area contributed by atoms with Gasteiger partial charge >= 0.3 is 5.97 Å². The average molecular weight is 280 g/mol. The van der Waals surface area contributed by atoms with Gasteiger partial charge in [0.25, 0.3) is 0 Å². The van der Waals surface area contributed by atoms with Crippen molar-refractivity contribution in [1.29, 1.82) is 0 Å². The Hall–Kier alpha value is -2.04. The number of Topliss-reactive ketones (excluding diaryl/α,β-unsaturated/α-hetero) is 1. The molecule has 1 aromatic rings. The Bertz CT molecular complexity index is 481. The van der Waals surface area contributed by atoms with Gasteiger partial charge in [-0.3, -0.25) is 9.59 Å². The van der Waals surface area contributed by atoms with Crippen LogP contribution in [0.2, 0.25) is 0 Å². The smallest absolute Gasteiger partial charge is 0.316 e. The molecule has 0 saturated carbocycles. The number of rotatable bonds is 7. The van der Waals surface area contributed by atoms with Gasteiger partial charge in [0.1, 0.15) is 23.2 Å². The van der Waals surface area contributed by atoms with Gasteiger partial charge in [-0.15, -0.1) is 0 Å². The van der Waals surface area contributed by atoms with Crippen LogP contribution in [0.25, 0.3) is 0 Å². The number of methoxy groups -OCH3 is 2. The summed E-state index contributed by atoms with van der Waals surface area (Å²) in [5, 5.41) is 0. The summed E-state index contributed by atoms with van der Waals surface area (Å²) in [7, 11) is 3.10. The highest BCUT2D eigenvalue weighted by atomic mass is 16.5. The third-order valence-corrected chi connectivity index (χ3v) is 2.97. The molecule has 0 aromatic heterocycles. The molecule has 5 nitrogen and oxygen atoms in total. The van der Waals surface area contributed by atoms with Gasteiger partial charge in [-0.25, -0.2) is 0 Å². The van der Waals surface area contributed by atoms with Crippen LogP contribution in [0.15, 0.2) is 18.2 Å². The van der Waals surface area contributed by atoms with Crippen LogP contribution >= 0.6 is 0 Å². The van der Waals surface area contributed by atoms with E-state index in [1.165, 1.54) is 6.92 Å². The van der Waals surface area contributed by atoms with Gasteiger partial charge in [-0.05, 0) is 44.0 Å². The fraction of sp³-hybridized carbons (Fsp3) is 0.467. The van der Waals surface area contributed by atoms with Crippen molar-refractivity contribution in [3.05, 3.63) is 23.8 Å². The molecule has 0 radical (unpaired) electrons. The molecule has 0 unspecified atom stereocenters. The maximum atomic E-state index is 11.8. The summed E-state index contributed by atoms with van der Waals surface area (Å²) in [6.07, 6.45) is 0.231. The van der Waals surface area contributed by atoms with E-state index in [0.29, 0.717) is 11.5 Å². The molecule has 0 saturated heterocycles. The molecule has 5 heteroatoms. The first-order valence-corrected chi connectivity index (χ1v) is 6.41. The summed E-state index contributed by atoms with van der Waals surface area (Å²) in [5.74, 6) is -0.303. The number of esters is 1. The fourth-order valence-electron chi connectivity index (χ4n) is 1.90. The zero-order valence-corrected chi connectivity index (χ0v) is 12.3. The molecule has 20 heavy (non-hydrogen) atoms. The number of hydrogen-bond acceptors (Lipinski definition) is 5. The second-order valence-electron chi connectivity index (χ2n) is 4.30. The minimum absolute atomic E-state index is 0.228. The summed E-state index contributed by atoms with van der Waals surface area (Å²) in [6, 6.07) is 5.26. The molecule has 110 valence electrons. The molecule has 0 aliphatic rings. The number of carbonyl (C=O) groups excluding carboxylic acids is 2. The zero-order valence-electron chi connectivity index (χ0n) is 12.3. The third kappa shape index (κ3) is 3.98. The predicted octanol–water partition coefficient (Wildman–Crippen LogP) is 2.01. The first-order valence-electron chi connectivity index (χ1n) is 6.41. The van der Waals surface area contributed by atoms with Crippen LogP contribution in [-0.2, 0) is 20.7 Å². The van der Waals surface area contributed by atoms with Crippen LogP contribution in [0.1, 0.15) is 19.4 Å². The topological polar surface area (TPSA) is 61.8 Å². The van der Waals surface area contributed by atoms with Crippen molar-refractivity contribution in [1.82, 2.24) is 0 Å². The standard InChI is InChI=1S/C15H20O5/c1-5-20-15(17)13(10(2)16)9-11-8-12(18-3)6-7-14(11)19-4/h6-8,13H,5,9H2,1-4H3/t13-/m0/s1. The largest absolute Gasteiger partial charge is 0.497 e. The first kappa shape index (κ1) is 16.0. The highest BCUT2D eigenvalue weighted by Gasteiger charge is 2.26. The van der Waals surface area contributed by atoms with E-state index in [9.17, 15) is 9.59 Å². The second-order valence-corrected chi connectivity index (χ2v) is 4.30. The lowest BCUT2D eigenvalue weighted by Gasteiger charge is -2.15. The van der Waals surface area contributed by atoms with Crippen LogP contribution < -0.4 is 9.47 Å². The number of carbonyl (C=O) groups is 2. The van der Waals surface area contributed by atoms with E-state index in [4.69, 9.17) is 14.2 Å². The van der Waals surface area contributed by atoms with Gasteiger partial charge in [0.05, 0.1) is 20.8 Å². The molecule has 1 aromatic carbocycles. The van der Waals surface area contributed by atoms with Crippen LogP contribution in [0, 0.1) is 5.92 Å². The van der Waals surface area contributed by atoms with Crippen LogP contribution in [-0.4, -0.2) is 32.6 Å². The van der Waals surface area contributed by atoms with Crippen LogP contribution in [0.3, 0.4) is 0 Å². The molecular weight excluding hydrogens is 260 g/mol. The fourth-order valence-corrected chi connectivity index (χ4v) is 1.90. The van der Waals surface area contributed by atoms with Gasteiger partial charge in [0, 0.05) is 0 Å². The summed E-state index contributed by atoms with van der Waals surface area (Å²) in [5.41, 5.74) is 0.736. The number of benzene rings is 1. The second kappa shape index (κ2) is 7.53. The van der Waals surface area contributed by atoms with Crippen molar-refractivity contribution in [2.24, 2.45) is 5.92 Å². The Labute approximate surface area is 118 Å². The van der Waals surface area contributed by atoms with E-state index < -0.39 is 11.9 Å². The summed E-state index contributed by atoms with van der Waals surface area (Å²) >= 11 is 0. The molecule has 0 heterocycles. The SMILES string of the molecule is CCOC(=O)[C@@H](Cc1cc(OC)ccc1OC)C(C)=O. The van der Waals surface area contributed by atoms with Gasteiger partial charge in [-0.2, -0.15) is 0 Å². The maximum Gasteiger partial charge on any atom is 0.316 e. The molecule has 0 amide bonds. The van der Waals surface area contributed by atoms with Crippen LogP contribution in [0.5, 0.6) is 11.5 Å². The Morgan fingerprint density at radius 2 is 1.90 bits per heavy atom. The van der Waals surface area contributed by atoms with E-state index in [1.54, 1.807) is 39.3 Å². The number of hydrogen-bond donors (Lipinski definition) is 0. The van der Waals surface area contributed by atoms with Crippen molar-refractivity contribution >= 4 is 11.8 Å². The molecule has 0 spiro atoms. The maximum absolute atomic E-state index is 11.8. The lowest BCUT2D eigenvalue weighted by atomic mass is 9.95. The Morgan fingerprint density at radius 1 is 1.20 bits per heavy atom. The Balaban J connectivity index is 3.03. The van der Waals surface area contributed by atoms with E-state index >= 15 is 0 Å². The minimum atomic E-state index is -0.823. The monoisotopic (exact) mass is 280 g/mol. The normalized spacial score (nSPS) is 11.6. The molecule has 1 rings (SSSR count). The van der Waals surface area contributed by atoms with E-state index in [-0.39, 0.29) is 18.8 Å². The molecule has 0 aliphatic heterocycles. The number of ether oxygens (including phenoxy) is 3. The zero-order chi connectivity index (χ0) is 15.1. The molecule has 0 N–H and O–H groups in total. The van der Waals surface area contributed by atoms with E-state index in [1.807, 2.05) is 0 Å². The van der Waals surface area contributed by atoms with Gasteiger partial charge in [0.15, 0.2) is 0 Å². The van der Waals surface area contributed by atoms with Crippen molar-refractivity contribution in [3.8, 4) is 11.5 Å². The summed E-state index contributed by atoms with van der Waals surface area (Å²) in [4.78, 5) is 23.5. The van der Waals surface area contributed by atoms with Crippen molar-refractivity contribution in [2.45, 2.75) is 20.3 Å². The van der Waals surface area contributed by atoms with Crippen LogP contribution in [0.4, 0.5) is 0 Å². The van der Waals surface area contributed by atoms with Gasteiger partial charge in [-0.1, -0.05) is 0 Å². The quantitative estimate of drug-likeness (QED) is 0.565.